The van der Waals surface area contributed by atoms with Crippen LogP contribution in [-0.4, -0.2) is 47.1 Å². The summed E-state index contributed by atoms with van der Waals surface area (Å²) in [5.74, 6) is 0.506. The number of carbonyl (C=O) groups is 1. The van der Waals surface area contributed by atoms with Crippen LogP contribution in [0.3, 0.4) is 0 Å². The van der Waals surface area contributed by atoms with Gasteiger partial charge in [0, 0.05) is 26.0 Å². The second-order valence-corrected chi connectivity index (χ2v) is 4.67. The number of hydrogen-bond donors (Lipinski definition) is 1. The Kier molecular flexibility index (Phi) is 5.51. The number of ether oxygens (including phenoxy) is 1. The maximum Gasteiger partial charge on any atom is 0.277 e. The largest absolute Gasteiger partial charge is 0.411 e. The third kappa shape index (κ3) is 4.32. The Bertz CT molecular complexity index is 547. The van der Waals surface area contributed by atoms with Crippen molar-refractivity contribution in [3.8, 4) is 11.5 Å². The molecule has 0 spiro atoms. The number of hydrogen-bond acceptors (Lipinski definition) is 7. The molecule has 0 unspecified atom stereocenters. The predicted molar refractivity (Wildman–Crippen MR) is 73.1 cm³/mol. The van der Waals surface area contributed by atoms with Crippen LogP contribution in [0.1, 0.15) is 0 Å². The van der Waals surface area contributed by atoms with E-state index in [4.69, 9.17) is 9.15 Å². The van der Waals surface area contributed by atoms with Crippen LogP contribution in [-0.2, 0) is 9.53 Å². The first kappa shape index (κ1) is 14.5. The van der Waals surface area contributed by atoms with Gasteiger partial charge in [-0.2, -0.15) is 0 Å². The summed E-state index contributed by atoms with van der Waals surface area (Å²) in [6.45, 7) is 0.975. The molecule has 0 radical (unpaired) electrons. The molecule has 0 fully saturated rings. The van der Waals surface area contributed by atoms with Crippen LogP contribution in [0, 0.1) is 0 Å². The summed E-state index contributed by atoms with van der Waals surface area (Å²) in [6, 6.07) is 3.61. The van der Waals surface area contributed by atoms with Crippen LogP contribution < -0.4 is 5.32 Å². The number of pyridine rings is 1. The van der Waals surface area contributed by atoms with E-state index in [1.807, 2.05) is 6.07 Å². The van der Waals surface area contributed by atoms with E-state index in [0.29, 0.717) is 24.3 Å². The normalized spacial score (nSPS) is 10.4. The van der Waals surface area contributed by atoms with Crippen molar-refractivity contribution in [3.05, 3.63) is 24.5 Å². The smallest absolute Gasteiger partial charge is 0.277 e. The predicted octanol–water partition coefficient (Wildman–Crippen LogP) is 0.986. The van der Waals surface area contributed by atoms with Crippen LogP contribution in [0.15, 0.2) is 34.2 Å². The molecular weight excluding hydrogens is 280 g/mol. The lowest BCUT2D eigenvalue weighted by atomic mass is 10.3. The first-order valence-corrected chi connectivity index (χ1v) is 6.90. The first-order valence-electron chi connectivity index (χ1n) is 5.92. The third-order valence-electron chi connectivity index (χ3n) is 2.27. The number of aromatic nitrogens is 3. The lowest BCUT2D eigenvalue weighted by Crippen LogP contribution is -2.28. The van der Waals surface area contributed by atoms with Gasteiger partial charge in [0.2, 0.25) is 11.8 Å². The fourth-order valence-electron chi connectivity index (χ4n) is 1.34. The number of carbonyl (C=O) groups excluding carboxylic acids is 1. The molecule has 1 N–H and O–H groups in total. The second-order valence-electron chi connectivity index (χ2n) is 3.75. The number of nitrogens with zero attached hydrogens (tertiary/aromatic N) is 3. The molecule has 2 rings (SSSR count). The molecule has 0 aliphatic heterocycles. The van der Waals surface area contributed by atoms with Crippen molar-refractivity contribution in [1.82, 2.24) is 20.5 Å². The average molecular weight is 294 g/mol. The molecule has 2 heterocycles. The van der Waals surface area contributed by atoms with Crippen molar-refractivity contribution in [2.24, 2.45) is 0 Å². The molecule has 0 atom stereocenters. The minimum absolute atomic E-state index is 0.104. The Hall–Kier alpha value is -1.93. The van der Waals surface area contributed by atoms with Crippen molar-refractivity contribution in [3.63, 3.8) is 0 Å². The molecule has 0 saturated heterocycles. The summed E-state index contributed by atoms with van der Waals surface area (Å²) in [7, 11) is 1.58. The van der Waals surface area contributed by atoms with Gasteiger partial charge in [0.15, 0.2) is 0 Å². The van der Waals surface area contributed by atoms with E-state index in [0.717, 1.165) is 5.56 Å². The number of rotatable bonds is 7. The molecule has 2 aromatic rings. The van der Waals surface area contributed by atoms with Gasteiger partial charge in [-0.3, -0.25) is 9.78 Å². The topological polar surface area (TPSA) is 90.1 Å². The van der Waals surface area contributed by atoms with Crippen LogP contribution in [0.25, 0.3) is 11.5 Å². The SMILES string of the molecule is COCCNC(=O)CSc1nnc(-c2cccnc2)o1. The number of methoxy groups -OCH3 is 1. The van der Waals surface area contributed by atoms with Gasteiger partial charge >= 0.3 is 0 Å². The van der Waals surface area contributed by atoms with E-state index in [9.17, 15) is 4.79 Å². The lowest BCUT2D eigenvalue weighted by molar-refractivity contribution is -0.118. The van der Waals surface area contributed by atoms with Crippen molar-refractivity contribution in [2.45, 2.75) is 5.22 Å². The van der Waals surface area contributed by atoms with Gasteiger partial charge < -0.3 is 14.5 Å². The fraction of sp³-hybridized carbons (Fsp3) is 0.333. The highest BCUT2D eigenvalue weighted by Gasteiger charge is 2.10. The van der Waals surface area contributed by atoms with E-state index in [-0.39, 0.29) is 11.7 Å². The van der Waals surface area contributed by atoms with Gasteiger partial charge in [0.1, 0.15) is 0 Å². The van der Waals surface area contributed by atoms with E-state index in [2.05, 4.69) is 20.5 Å². The third-order valence-corrected chi connectivity index (χ3v) is 3.09. The van der Waals surface area contributed by atoms with Crippen molar-refractivity contribution < 1.29 is 13.9 Å². The molecule has 0 aliphatic carbocycles. The van der Waals surface area contributed by atoms with E-state index < -0.39 is 0 Å². The molecule has 106 valence electrons. The molecular formula is C12H14N4O3S. The minimum atomic E-state index is -0.104. The Morgan fingerprint density at radius 3 is 3.15 bits per heavy atom. The molecule has 0 aromatic carbocycles. The van der Waals surface area contributed by atoms with Gasteiger partial charge in [0.05, 0.1) is 17.9 Å². The van der Waals surface area contributed by atoms with Crippen molar-refractivity contribution in [1.29, 1.82) is 0 Å². The van der Waals surface area contributed by atoms with Gasteiger partial charge in [0.25, 0.3) is 5.22 Å². The molecule has 0 bridgehead atoms. The quantitative estimate of drug-likeness (QED) is 0.601. The Balaban J connectivity index is 1.83. The summed E-state index contributed by atoms with van der Waals surface area (Å²) in [6.07, 6.45) is 3.30. The van der Waals surface area contributed by atoms with Gasteiger partial charge in [-0.25, -0.2) is 0 Å². The van der Waals surface area contributed by atoms with Gasteiger partial charge in [-0.1, -0.05) is 11.8 Å². The average Bonchev–Trinajstić information content (AvgIpc) is 2.95. The monoisotopic (exact) mass is 294 g/mol. The molecule has 8 heteroatoms. The summed E-state index contributed by atoms with van der Waals surface area (Å²) in [5, 5.41) is 10.8. The highest BCUT2D eigenvalue weighted by atomic mass is 32.2. The fourth-order valence-corrected chi connectivity index (χ4v) is 1.94. The Morgan fingerprint density at radius 2 is 2.40 bits per heavy atom. The summed E-state index contributed by atoms with van der Waals surface area (Å²) >= 11 is 1.19. The second kappa shape index (κ2) is 7.61. The van der Waals surface area contributed by atoms with Crippen LogP contribution in [0.2, 0.25) is 0 Å². The number of amides is 1. The summed E-state index contributed by atoms with van der Waals surface area (Å²) < 4.78 is 10.3. The van der Waals surface area contributed by atoms with Crippen LogP contribution in [0.4, 0.5) is 0 Å². The number of nitrogens with one attached hydrogen (secondary N) is 1. The minimum Gasteiger partial charge on any atom is -0.411 e. The maximum atomic E-state index is 11.5. The molecule has 1 amide bonds. The van der Waals surface area contributed by atoms with Crippen molar-refractivity contribution in [2.75, 3.05) is 26.0 Å². The molecule has 0 aliphatic rings. The molecule has 20 heavy (non-hydrogen) atoms. The standard InChI is InChI=1S/C12H14N4O3S/c1-18-6-5-14-10(17)8-20-12-16-15-11(19-12)9-3-2-4-13-7-9/h2-4,7H,5-6,8H2,1H3,(H,14,17). The Labute approximate surface area is 120 Å². The highest BCUT2D eigenvalue weighted by Crippen LogP contribution is 2.21. The highest BCUT2D eigenvalue weighted by molar-refractivity contribution is 7.99. The van der Waals surface area contributed by atoms with Crippen LogP contribution >= 0.6 is 11.8 Å². The molecule has 0 saturated carbocycles. The van der Waals surface area contributed by atoms with Crippen LogP contribution in [0.5, 0.6) is 0 Å². The van der Waals surface area contributed by atoms with E-state index in [1.165, 1.54) is 11.8 Å². The zero-order valence-electron chi connectivity index (χ0n) is 10.9. The zero-order valence-corrected chi connectivity index (χ0v) is 11.7. The zero-order chi connectivity index (χ0) is 14.2. The summed E-state index contributed by atoms with van der Waals surface area (Å²) in [5.41, 5.74) is 0.747. The summed E-state index contributed by atoms with van der Waals surface area (Å²) in [4.78, 5) is 15.5. The lowest BCUT2D eigenvalue weighted by Gasteiger charge is -2.02. The maximum absolute atomic E-state index is 11.5. The molecule has 2 aromatic heterocycles. The first-order chi connectivity index (χ1) is 9.79. The Morgan fingerprint density at radius 1 is 1.50 bits per heavy atom. The van der Waals surface area contributed by atoms with Gasteiger partial charge in [-0.05, 0) is 12.1 Å². The number of thioether (sulfide) groups is 1. The van der Waals surface area contributed by atoms with E-state index in [1.54, 1.807) is 25.6 Å². The van der Waals surface area contributed by atoms with Gasteiger partial charge in [-0.15, -0.1) is 10.2 Å². The molecule has 7 nitrogen and oxygen atoms in total. The van der Waals surface area contributed by atoms with Crippen molar-refractivity contribution >= 4 is 17.7 Å². The van der Waals surface area contributed by atoms with E-state index >= 15 is 0 Å².